The number of benzene rings is 2. The van der Waals surface area contributed by atoms with Crippen LogP contribution in [0.1, 0.15) is 36.5 Å². The number of para-hydroxylation sites is 2. The Morgan fingerprint density at radius 3 is 2.67 bits per heavy atom. The maximum Gasteiger partial charge on any atom is 0.253 e. The molecule has 2 atom stereocenters. The molecule has 2 aromatic carbocycles. The Hall–Kier alpha value is -2.78. The molecular formula is C24H30N2O6S. The second-order valence-electron chi connectivity index (χ2n) is 8.51. The highest BCUT2D eigenvalue weighted by molar-refractivity contribution is 7.89. The molecule has 0 radical (unpaired) electrons. The van der Waals surface area contributed by atoms with Crippen LogP contribution in [0.4, 0.5) is 0 Å². The summed E-state index contributed by atoms with van der Waals surface area (Å²) in [5.74, 6) is 1.25. The van der Waals surface area contributed by atoms with Crippen LogP contribution in [0.2, 0.25) is 0 Å². The molecule has 0 aliphatic carbocycles. The summed E-state index contributed by atoms with van der Waals surface area (Å²) in [4.78, 5) is 14.7. The molecule has 0 aromatic heterocycles. The van der Waals surface area contributed by atoms with Gasteiger partial charge in [-0.3, -0.25) is 4.79 Å². The predicted molar refractivity (Wildman–Crippen MR) is 124 cm³/mol. The van der Waals surface area contributed by atoms with Gasteiger partial charge in [-0.15, -0.1) is 0 Å². The zero-order chi connectivity index (χ0) is 23.6. The quantitative estimate of drug-likeness (QED) is 0.639. The van der Waals surface area contributed by atoms with Crippen LogP contribution in [0.15, 0.2) is 47.4 Å². The number of hydrogen-bond acceptors (Lipinski definition) is 6. The molecule has 2 aromatic rings. The molecule has 1 amide bonds. The number of hydrogen-bond donors (Lipinski definition) is 0. The number of piperidine rings is 1. The van der Waals surface area contributed by atoms with Crippen molar-refractivity contribution in [1.29, 1.82) is 0 Å². The second kappa shape index (κ2) is 9.61. The van der Waals surface area contributed by atoms with Crippen molar-refractivity contribution in [3.8, 4) is 17.2 Å². The SMILES string of the molecule is COc1ccc(C(=O)N(C)C[C@H]2COc3ccccc3O2)cc1S(=O)(=O)N1CCCC[C@H]1C. The van der Waals surface area contributed by atoms with Crippen LogP contribution in [0, 0.1) is 0 Å². The predicted octanol–water partition coefficient (Wildman–Crippen LogP) is 3.17. The zero-order valence-electron chi connectivity index (χ0n) is 19.2. The van der Waals surface area contributed by atoms with Gasteiger partial charge >= 0.3 is 0 Å². The summed E-state index contributed by atoms with van der Waals surface area (Å²) in [6.07, 6.45) is 2.31. The molecule has 33 heavy (non-hydrogen) atoms. The standard InChI is InChI=1S/C24H30N2O6S/c1-17-8-6-7-13-26(17)33(28,29)23-14-18(11-12-22(23)30-3)24(27)25(2)15-19-16-31-20-9-4-5-10-21(20)32-19/h4-5,9-12,14,17,19H,6-8,13,15-16H2,1-3H3/t17-,19+/m1/s1. The van der Waals surface area contributed by atoms with Gasteiger partial charge in [0.25, 0.3) is 5.91 Å². The summed E-state index contributed by atoms with van der Waals surface area (Å²) in [7, 11) is -0.709. The van der Waals surface area contributed by atoms with E-state index in [1.807, 2.05) is 31.2 Å². The Morgan fingerprint density at radius 2 is 1.94 bits per heavy atom. The number of fused-ring (bicyclic) bond motifs is 1. The molecule has 0 N–H and O–H groups in total. The molecule has 1 fully saturated rings. The Labute approximate surface area is 195 Å². The van der Waals surface area contributed by atoms with Gasteiger partial charge in [0.2, 0.25) is 10.0 Å². The molecule has 4 rings (SSSR count). The smallest absolute Gasteiger partial charge is 0.253 e. The average molecular weight is 475 g/mol. The summed E-state index contributed by atoms with van der Waals surface area (Å²) >= 11 is 0. The third kappa shape index (κ3) is 4.79. The largest absolute Gasteiger partial charge is 0.495 e. The lowest BCUT2D eigenvalue weighted by atomic mass is 10.1. The van der Waals surface area contributed by atoms with Gasteiger partial charge < -0.3 is 19.1 Å². The highest BCUT2D eigenvalue weighted by atomic mass is 32.2. The Balaban J connectivity index is 1.53. The average Bonchev–Trinajstić information content (AvgIpc) is 2.83. The first-order valence-corrected chi connectivity index (χ1v) is 12.6. The number of methoxy groups -OCH3 is 1. The van der Waals surface area contributed by atoms with Gasteiger partial charge in [0, 0.05) is 25.2 Å². The van der Waals surface area contributed by atoms with E-state index in [-0.39, 0.29) is 34.3 Å². The molecule has 0 bridgehead atoms. The lowest BCUT2D eigenvalue weighted by Gasteiger charge is -2.32. The first-order valence-electron chi connectivity index (χ1n) is 11.1. The van der Waals surface area contributed by atoms with Crippen molar-refractivity contribution in [2.75, 3.05) is 33.9 Å². The monoisotopic (exact) mass is 474 g/mol. The third-order valence-corrected chi connectivity index (χ3v) is 8.17. The fourth-order valence-corrected chi connectivity index (χ4v) is 6.21. The molecule has 0 unspecified atom stereocenters. The minimum absolute atomic E-state index is 0.0178. The molecule has 178 valence electrons. The first kappa shape index (κ1) is 23.4. The maximum absolute atomic E-state index is 13.4. The number of carbonyl (C=O) groups is 1. The fourth-order valence-electron chi connectivity index (χ4n) is 4.33. The molecule has 2 aliphatic rings. The van der Waals surface area contributed by atoms with Crippen LogP contribution < -0.4 is 14.2 Å². The van der Waals surface area contributed by atoms with Crippen LogP contribution in [0.3, 0.4) is 0 Å². The van der Waals surface area contributed by atoms with Crippen LogP contribution >= 0.6 is 0 Å². The summed E-state index contributed by atoms with van der Waals surface area (Å²) in [5, 5.41) is 0. The molecule has 2 aliphatic heterocycles. The van der Waals surface area contributed by atoms with Crippen LogP contribution in [-0.2, 0) is 10.0 Å². The molecule has 2 heterocycles. The van der Waals surface area contributed by atoms with E-state index in [0.717, 1.165) is 19.3 Å². The van der Waals surface area contributed by atoms with E-state index in [2.05, 4.69) is 0 Å². The van der Waals surface area contributed by atoms with Crippen molar-refractivity contribution < 1.29 is 27.4 Å². The molecular weight excluding hydrogens is 444 g/mol. The van der Waals surface area contributed by atoms with Gasteiger partial charge in [0.05, 0.1) is 13.7 Å². The van der Waals surface area contributed by atoms with Crippen molar-refractivity contribution in [2.24, 2.45) is 0 Å². The number of sulfonamides is 1. The number of carbonyl (C=O) groups excluding carboxylic acids is 1. The highest BCUT2D eigenvalue weighted by Crippen LogP contribution is 2.33. The third-order valence-electron chi connectivity index (χ3n) is 6.13. The Bertz CT molecular complexity index is 1120. The summed E-state index contributed by atoms with van der Waals surface area (Å²) < 4.78 is 45.4. The van der Waals surface area contributed by atoms with E-state index < -0.39 is 10.0 Å². The lowest BCUT2D eigenvalue weighted by Crippen LogP contribution is -2.42. The van der Waals surface area contributed by atoms with Gasteiger partial charge in [0.15, 0.2) is 17.6 Å². The summed E-state index contributed by atoms with van der Waals surface area (Å²) in [6.45, 7) is 3.00. The van der Waals surface area contributed by atoms with Crippen molar-refractivity contribution in [3.63, 3.8) is 0 Å². The summed E-state index contributed by atoms with van der Waals surface area (Å²) in [5.41, 5.74) is 0.277. The van der Waals surface area contributed by atoms with E-state index in [4.69, 9.17) is 14.2 Å². The molecule has 9 heteroatoms. The van der Waals surface area contributed by atoms with Gasteiger partial charge in [-0.1, -0.05) is 18.6 Å². The minimum Gasteiger partial charge on any atom is -0.495 e. The number of amides is 1. The van der Waals surface area contributed by atoms with E-state index in [1.54, 1.807) is 19.2 Å². The van der Waals surface area contributed by atoms with E-state index >= 15 is 0 Å². The van der Waals surface area contributed by atoms with E-state index in [9.17, 15) is 13.2 Å². The lowest BCUT2D eigenvalue weighted by molar-refractivity contribution is 0.0521. The Morgan fingerprint density at radius 1 is 1.18 bits per heavy atom. The molecule has 1 saturated heterocycles. The normalized spacial score (nSPS) is 20.8. The van der Waals surface area contributed by atoms with Gasteiger partial charge in [-0.25, -0.2) is 8.42 Å². The number of ether oxygens (including phenoxy) is 3. The van der Waals surface area contributed by atoms with Crippen LogP contribution in [-0.4, -0.2) is 69.5 Å². The van der Waals surface area contributed by atoms with Crippen LogP contribution in [0.5, 0.6) is 17.2 Å². The number of nitrogens with zero attached hydrogens (tertiary/aromatic N) is 2. The zero-order valence-corrected chi connectivity index (χ0v) is 20.0. The second-order valence-corrected chi connectivity index (χ2v) is 10.4. The van der Waals surface area contributed by atoms with Gasteiger partial charge in [-0.2, -0.15) is 4.31 Å². The van der Waals surface area contributed by atoms with Crippen molar-refractivity contribution in [3.05, 3.63) is 48.0 Å². The van der Waals surface area contributed by atoms with Gasteiger partial charge in [0.1, 0.15) is 17.3 Å². The summed E-state index contributed by atoms with van der Waals surface area (Å²) in [6, 6.07) is 11.8. The molecule has 0 saturated carbocycles. The fraction of sp³-hybridized carbons (Fsp3) is 0.458. The van der Waals surface area contributed by atoms with Crippen molar-refractivity contribution in [1.82, 2.24) is 9.21 Å². The molecule has 8 nitrogen and oxygen atoms in total. The van der Waals surface area contributed by atoms with E-state index in [1.165, 1.54) is 22.4 Å². The highest BCUT2D eigenvalue weighted by Gasteiger charge is 2.34. The van der Waals surface area contributed by atoms with Crippen LogP contribution in [0.25, 0.3) is 0 Å². The number of rotatable bonds is 6. The number of likely N-dealkylation sites (N-methyl/N-ethyl adjacent to an activating group) is 1. The van der Waals surface area contributed by atoms with Crippen molar-refractivity contribution >= 4 is 15.9 Å². The molecule has 0 spiro atoms. The first-order chi connectivity index (χ1) is 15.8. The topological polar surface area (TPSA) is 85.4 Å². The Kier molecular flexibility index (Phi) is 6.81. The minimum atomic E-state index is -3.80. The maximum atomic E-state index is 13.4. The van der Waals surface area contributed by atoms with Crippen molar-refractivity contribution in [2.45, 2.75) is 43.2 Å². The van der Waals surface area contributed by atoms with E-state index in [0.29, 0.717) is 31.2 Å². The van der Waals surface area contributed by atoms with Gasteiger partial charge in [-0.05, 0) is 50.1 Å².